The van der Waals surface area contributed by atoms with Gasteiger partial charge < -0.3 is 15.3 Å². The van der Waals surface area contributed by atoms with Gasteiger partial charge in [-0.3, -0.25) is 4.79 Å². The Morgan fingerprint density at radius 2 is 2.13 bits per heavy atom. The fraction of sp³-hybridized carbons (Fsp3) is 0.476. The molecule has 1 aromatic carbocycles. The zero-order valence-electron chi connectivity index (χ0n) is 17.6. The summed E-state index contributed by atoms with van der Waals surface area (Å²) in [6.07, 6.45) is 4.56. The van der Waals surface area contributed by atoms with Crippen LogP contribution >= 0.6 is 0 Å². The highest BCUT2D eigenvalue weighted by Gasteiger charge is 2.49. The number of rotatable bonds is 3. The number of fused-ring (bicyclic) bond motifs is 3. The third-order valence-corrected chi connectivity index (χ3v) is 6.66. The van der Waals surface area contributed by atoms with Crippen molar-refractivity contribution < 1.29 is 9.50 Å². The van der Waals surface area contributed by atoms with E-state index in [1.807, 2.05) is 7.05 Å². The van der Waals surface area contributed by atoms with Gasteiger partial charge in [0.15, 0.2) is 11.6 Å². The molecule has 10 heteroatoms. The molecular formula is C21H24FN7O2. The van der Waals surface area contributed by atoms with E-state index in [1.165, 1.54) is 16.9 Å². The van der Waals surface area contributed by atoms with Gasteiger partial charge in [0.2, 0.25) is 0 Å². The summed E-state index contributed by atoms with van der Waals surface area (Å²) < 4.78 is 16.2. The molecule has 2 aromatic heterocycles. The SMILES string of the molecule is CN(c1cnc(-c2cc3cnn(C)c(=O)c3cc2O)nn1)[C@@H]1C[C@@]2(C)CCC(N2)[C@@H]1F. The van der Waals surface area contributed by atoms with Crippen LogP contribution < -0.4 is 15.8 Å². The van der Waals surface area contributed by atoms with Crippen LogP contribution in [0, 0.1) is 0 Å². The van der Waals surface area contributed by atoms with Crippen LogP contribution in [0.4, 0.5) is 10.2 Å². The fourth-order valence-corrected chi connectivity index (χ4v) is 4.83. The number of aromatic hydroxyl groups is 1. The molecule has 5 rings (SSSR count). The lowest BCUT2D eigenvalue weighted by atomic mass is 9.87. The van der Waals surface area contributed by atoms with Crippen molar-refractivity contribution in [1.29, 1.82) is 0 Å². The maximum atomic E-state index is 15.0. The number of nitrogens with zero attached hydrogens (tertiary/aromatic N) is 6. The molecule has 4 atom stereocenters. The first kappa shape index (κ1) is 19.8. The molecule has 2 bridgehead atoms. The highest BCUT2D eigenvalue weighted by molar-refractivity contribution is 5.88. The molecule has 0 saturated carbocycles. The molecule has 0 aliphatic carbocycles. The lowest BCUT2D eigenvalue weighted by Crippen LogP contribution is -2.60. The van der Waals surface area contributed by atoms with Crippen molar-refractivity contribution in [3.05, 3.63) is 34.9 Å². The summed E-state index contributed by atoms with van der Waals surface area (Å²) in [5, 5.41) is 27.2. The van der Waals surface area contributed by atoms with E-state index in [4.69, 9.17) is 0 Å². The summed E-state index contributed by atoms with van der Waals surface area (Å²) in [6.45, 7) is 2.14. The van der Waals surface area contributed by atoms with Gasteiger partial charge in [-0.05, 0) is 38.3 Å². The Kier molecular flexibility index (Phi) is 4.44. The van der Waals surface area contributed by atoms with Crippen molar-refractivity contribution in [2.24, 2.45) is 7.05 Å². The summed E-state index contributed by atoms with van der Waals surface area (Å²) in [7, 11) is 3.36. The molecule has 162 valence electrons. The normalized spacial score (nSPS) is 27.5. The van der Waals surface area contributed by atoms with Gasteiger partial charge >= 0.3 is 0 Å². The molecule has 3 aromatic rings. The summed E-state index contributed by atoms with van der Waals surface area (Å²) in [4.78, 5) is 18.4. The molecule has 2 saturated heterocycles. The van der Waals surface area contributed by atoms with E-state index in [0.29, 0.717) is 28.6 Å². The number of hydrogen-bond donors (Lipinski definition) is 2. The zero-order valence-corrected chi connectivity index (χ0v) is 17.6. The largest absolute Gasteiger partial charge is 0.507 e. The number of aromatic nitrogens is 5. The highest BCUT2D eigenvalue weighted by Crippen LogP contribution is 2.39. The van der Waals surface area contributed by atoms with Gasteiger partial charge in [-0.25, -0.2) is 14.1 Å². The molecule has 2 aliphatic rings. The van der Waals surface area contributed by atoms with Crippen molar-refractivity contribution in [1.82, 2.24) is 30.3 Å². The van der Waals surface area contributed by atoms with Crippen molar-refractivity contribution in [2.45, 2.75) is 50.0 Å². The molecule has 2 fully saturated rings. The number of alkyl halides is 1. The van der Waals surface area contributed by atoms with Gasteiger partial charge in [0, 0.05) is 31.1 Å². The van der Waals surface area contributed by atoms with Crippen molar-refractivity contribution >= 4 is 16.6 Å². The number of phenols is 1. The number of hydrogen-bond acceptors (Lipinski definition) is 8. The summed E-state index contributed by atoms with van der Waals surface area (Å²) in [6, 6.07) is 2.55. The molecular weight excluding hydrogens is 401 g/mol. The first-order valence-corrected chi connectivity index (χ1v) is 10.3. The van der Waals surface area contributed by atoms with E-state index in [2.05, 4.69) is 32.5 Å². The molecule has 0 spiro atoms. The number of nitrogens with one attached hydrogen (secondary N) is 1. The summed E-state index contributed by atoms with van der Waals surface area (Å²) in [5.41, 5.74) is -0.0181. The van der Waals surface area contributed by atoms with Crippen LogP contribution in [0.2, 0.25) is 0 Å². The molecule has 9 nitrogen and oxygen atoms in total. The van der Waals surface area contributed by atoms with Crippen LogP contribution in [0.15, 0.2) is 29.3 Å². The number of aryl methyl sites for hydroxylation is 1. The van der Waals surface area contributed by atoms with E-state index >= 15 is 4.39 Å². The Morgan fingerprint density at radius 3 is 2.87 bits per heavy atom. The second-order valence-corrected chi connectivity index (χ2v) is 8.85. The lowest BCUT2D eigenvalue weighted by molar-refractivity contribution is 0.144. The van der Waals surface area contributed by atoms with E-state index in [9.17, 15) is 9.90 Å². The topological polar surface area (TPSA) is 109 Å². The maximum absolute atomic E-state index is 15.0. The average molecular weight is 425 g/mol. The highest BCUT2D eigenvalue weighted by atomic mass is 19.1. The van der Waals surface area contributed by atoms with Crippen molar-refractivity contribution in [3.8, 4) is 17.1 Å². The van der Waals surface area contributed by atoms with Crippen molar-refractivity contribution in [3.63, 3.8) is 0 Å². The van der Waals surface area contributed by atoms with E-state index < -0.39 is 6.17 Å². The average Bonchev–Trinajstić information content (AvgIpc) is 3.10. The van der Waals surface area contributed by atoms with Crippen LogP contribution in [-0.4, -0.2) is 60.9 Å². The van der Waals surface area contributed by atoms with Gasteiger partial charge in [0.05, 0.1) is 29.4 Å². The van der Waals surface area contributed by atoms with Crippen molar-refractivity contribution in [2.75, 3.05) is 11.9 Å². The Morgan fingerprint density at radius 1 is 1.32 bits per heavy atom. The Labute approximate surface area is 177 Å². The zero-order chi connectivity index (χ0) is 21.9. The monoisotopic (exact) mass is 425 g/mol. The number of phenolic OH excluding ortho intramolecular Hbond substituents is 1. The molecule has 0 amide bonds. The third kappa shape index (κ3) is 3.21. The standard InChI is InChI=1S/C21H24FN7O2/c1-21-5-4-14(25-21)18(22)15(8-21)28(2)17-10-23-19(27-26-17)13-6-11-9-24-29(3)20(31)12(11)7-16(13)30/h6-7,9-10,14-15,18,25,30H,4-5,8H2,1-3H3/t14?,15-,18+,21-/m1/s1. The summed E-state index contributed by atoms with van der Waals surface area (Å²) in [5.74, 6) is 0.564. The van der Waals surface area contributed by atoms with Gasteiger partial charge in [-0.1, -0.05) is 0 Å². The minimum absolute atomic E-state index is 0.0606. The second-order valence-electron chi connectivity index (χ2n) is 8.85. The van der Waals surface area contributed by atoms with Crippen LogP contribution in [0.3, 0.4) is 0 Å². The van der Waals surface area contributed by atoms with Gasteiger partial charge in [-0.2, -0.15) is 5.10 Å². The van der Waals surface area contributed by atoms with Crippen LogP contribution in [0.1, 0.15) is 26.2 Å². The Hall–Kier alpha value is -3.14. The molecule has 0 radical (unpaired) electrons. The van der Waals surface area contributed by atoms with Gasteiger partial charge in [0.1, 0.15) is 11.9 Å². The number of halogens is 1. The van der Waals surface area contributed by atoms with Crippen LogP contribution in [-0.2, 0) is 7.05 Å². The first-order chi connectivity index (χ1) is 14.8. The minimum atomic E-state index is -0.998. The van der Waals surface area contributed by atoms with Crippen LogP contribution in [0.5, 0.6) is 5.75 Å². The predicted molar refractivity (Wildman–Crippen MR) is 114 cm³/mol. The molecule has 2 N–H and O–H groups in total. The van der Waals surface area contributed by atoms with E-state index in [1.54, 1.807) is 24.2 Å². The predicted octanol–water partition coefficient (Wildman–Crippen LogP) is 1.55. The van der Waals surface area contributed by atoms with E-state index in [-0.39, 0.29) is 34.8 Å². The Balaban J connectivity index is 1.44. The quantitative estimate of drug-likeness (QED) is 0.651. The molecule has 4 heterocycles. The molecule has 31 heavy (non-hydrogen) atoms. The number of piperidine rings is 1. The molecule has 2 aliphatic heterocycles. The minimum Gasteiger partial charge on any atom is -0.507 e. The number of anilines is 1. The smallest absolute Gasteiger partial charge is 0.274 e. The fourth-order valence-electron chi connectivity index (χ4n) is 4.83. The first-order valence-electron chi connectivity index (χ1n) is 10.3. The lowest BCUT2D eigenvalue weighted by Gasteiger charge is -2.43. The number of benzene rings is 1. The van der Waals surface area contributed by atoms with Gasteiger partial charge in [-0.15, -0.1) is 10.2 Å². The maximum Gasteiger partial charge on any atom is 0.274 e. The second kappa shape index (κ2) is 6.94. The van der Waals surface area contributed by atoms with Crippen LogP contribution in [0.25, 0.3) is 22.2 Å². The molecule has 1 unspecified atom stereocenters. The Bertz CT molecular complexity index is 1210. The third-order valence-electron chi connectivity index (χ3n) is 6.66. The van der Waals surface area contributed by atoms with E-state index in [0.717, 1.165) is 12.8 Å². The van der Waals surface area contributed by atoms with Gasteiger partial charge in [0.25, 0.3) is 5.56 Å². The summed E-state index contributed by atoms with van der Waals surface area (Å²) >= 11 is 0.